The van der Waals surface area contributed by atoms with Gasteiger partial charge in [0.05, 0.1) is 13.1 Å². The van der Waals surface area contributed by atoms with Crippen molar-refractivity contribution in [3.8, 4) is 5.75 Å². The highest BCUT2D eigenvalue weighted by molar-refractivity contribution is 5.69. The second-order valence-corrected chi connectivity index (χ2v) is 5.73. The first-order valence-electron chi connectivity index (χ1n) is 6.49. The van der Waals surface area contributed by atoms with Crippen LogP contribution in [0.1, 0.15) is 20.8 Å². The van der Waals surface area contributed by atoms with E-state index in [-0.39, 0.29) is 18.0 Å². The van der Waals surface area contributed by atoms with Crippen LogP contribution in [0.25, 0.3) is 0 Å². The lowest BCUT2D eigenvalue weighted by Crippen LogP contribution is -2.57. The van der Waals surface area contributed by atoms with Crippen LogP contribution < -0.4 is 4.74 Å². The molecule has 21 heavy (non-hydrogen) atoms. The van der Waals surface area contributed by atoms with E-state index in [9.17, 15) is 14.9 Å². The number of hydrogen-bond donors (Lipinski definition) is 0. The van der Waals surface area contributed by atoms with Crippen LogP contribution in [0, 0.1) is 10.1 Å². The molecule has 1 aliphatic rings. The molecule has 0 saturated carbocycles. The van der Waals surface area contributed by atoms with Crippen LogP contribution in [0.5, 0.6) is 5.75 Å². The van der Waals surface area contributed by atoms with Gasteiger partial charge in [-0.1, -0.05) is 0 Å². The first-order chi connectivity index (χ1) is 9.74. The van der Waals surface area contributed by atoms with Crippen LogP contribution in [0.2, 0.25) is 0 Å². The summed E-state index contributed by atoms with van der Waals surface area (Å²) in [4.78, 5) is 26.8. The summed E-state index contributed by atoms with van der Waals surface area (Å²) in [5, 5.41) is 10.5. The number of likely N-dealkylation sites (tertiary alicyclic amines) is 1. The molecule has 0 spiro atoms. The molecule has 1 aromatic heterocycles. The Morgan fingerprint density at radius 2 is 2.10 bits per heavy atom. The zero-order valence-electron chi connectivity index (χ0n) is 12.1. The Balaban J connectivity index is 1.80. The summed E-state index contributed by atoms with van der Waals surface area (Å²) in [6.07, 6.45) is 0.777. The Morgan fingerprint density at radius 1 is 1.43 bits per heavy atom. The Kier molecular flexibility index (Phi) is 3.97. The van der Waals surface area contributed by atoms with Gasteiger partial charge in [0, 0.05) is 6.07 Å². The number of ether oxygens (including phenoxy) is 2. The molecule has 1 aliphatic heterocycles. The number of nitrogens with zero attached hydrogens (tertiary/aromatic N) is 3. The van der Waals surface area contributed by atoms with Crippen LogP contribution in [0.3, 0.4) is 0 Å². The summed E-state index contributed by atoms with van der Waals surface area (Å²) in [6, 6.07) is 2.76. The van der Waals surface area contributed by atoms with Gasteiger partial charge in [0.2, 0.25) is 0 Å². The van der Waals surface area contributed by atoms with Gasteiger partial charge >= 0.3 is 11.9 Å². The zero-order chi connectivity index (χ0) is 15.6. The monoisotopic (exact) mass is 295 g/mol. The van der Waals surface area contributed by atoms with Crippen molar-refractivity contribution in [2.45, 2.75) is 32.5 Å². The third-order valence-corrected chi connectivity index (χ3v) is 2.71. The summed E-state index contributed by atoms with van der Waals surface area (Å²) < 4.78 is 10.8. The fourth-order valence-electron chi connectivity index (χ4n) is 1.73. The molecule has 1 amide bonds. The first kappa shape index (κ1) is 15.0. The zero-order valence-corrected chi connectivity index (χ0v) is 12.1. The van der Waals surface area contributed by atoms with Crippen molar-refractivity contribution in [1.29, 1.82) is 0 Å². The predicted octanol–water partition coefficient (Wildman–Crippen LogP) is 1.99. The Morgan fingerprint density at radius 3 is 2.57 bits per heavy atom. The van der Waals surface area contributed by atoms with Gasteiger partial charge in [-0.3, -0.25) is 0 Å². The molecular formula is C13H17N3O5. The van der Waals surface area contributed by atoms with E-state index in [0.717, 1.165) is 0 Å². The van der Waals surface area contributed by atoms with Gasteiger partial charge < -0.3 is 24.5 Å². The lowest BCUT2D eigenvalue weighted by Gasteiger charge is -2.39. The molecule has 0 atom stereocenters. The minimum atomic E-state index is -0.572. The molecule has 0 bridgehead atoms. The molecule has 0 aromatic carbocycles. The quantitative estimate of drug-likeness (QED) is 0.625. The standard InChI is InChI=1S/C13H17N3O5/c1-13(2,3)21-12(17)15-7-10(8-15)20-9-4-5-11(14-6-9)16(18)19/h4-6,10H,7-8H2,1-3H3. The smallest absolute Gasteiger partial charge is 0.410 e. The molecule has 0 radical (unpaired) electrons. The van der Waals surface area contributed by atoms with Crippen LogP contribution in [-0.2, 0) is 4.74 Å². The highest BCUT2D eigenvalue weighted by atomic mass is 16.6. The molecule has 114 valence electrons. The van der Waals surface area contributed by atoms with Crippen LogP contribution >= 0.6 is 0 Å². The van der Waals surface area contributed by atoms with Crippen LogP contribution in [0.4, 0.5) is 10.6 Å². The van der Waals surface area contributed by atoms with Gasteiger partial charge in [-0.15, -0.1) is 0 Å². The lowest BCUT2D eigenvalue weighted by molar-refractivity contribution is -0.389. The van der Waals surface area contributed by atoms with Gasteiger partial charge in [-0.05, 0) is 36.7 Å². The van der Waals surface area contributed by atoms with Crippen molar-refractivity contribution in [3.63, 3.8) is 0 Å². The van der Waals surface area contributed by atoms with Crippen molar-refractivity contribution >= 4 is 11.9 Å². The molecule has 8 nitrogen and oxygen atoms in total. The minimum Gasteiger partial charge on any atom is -0.483 e. The molecule has 8 heteroatoms. The summed E-state index contributed by atoms with van der Waals surface area (Å²) in [7, 11) is 0. The fourth-order valence-corrected chi connectivity index (χ4v) is 1.73. The lowest BCUT2D eigenvalue weighted by atomic mass is 10.1. The SMILES string of the molecule is CC(C)(C)OC(=O)N1CC(Oc2ccc([N+](=O)[O-])nc2)C1. The Hall–Kier alpha value is -2.38. The summed E-state index contributed by atoms with van der Waals surface area (Å²) >= 11 is 0. The highest BCUT2D eigenvalue weighted by Crippen LogP contribution is 2.21. The predicted molar refractivity (Wildman–Crippen MR) is 73.1 cm³/mol. The minimum absolute atomic E-state index is 0.152. The fraction of sp³-hybridized carbons (Fsp3) is 0.538. The van der Waals surface area contributed by atoms with E-state index in [2.05, 4.69) is 4.98 Å². The average molecular weight is 295 g/mol. The first-order valence-corrected chi connectivity index (χ1v) is 6.49. The summed E-state index contributed by atoms with van der Waals surface area (Å²) in [5.74, 6) is 0.209. The van der Waals surface area contributed by atoms with Gasteiger partial charge in [0.15, 0.2) is 11.9 Å². The van der Waals surface area contributed by atoms with Crippen LogP contribution in [0.15, 0.2) is 18.3 Å². The van der Waals surface area contributed by atoms with E-state index >= 15 is 0 Å². The number of carbonyl (C=O) groups excluding carboxylic acids is 1. The number of hydrogen-bond acceptors (Lipinski definition) is 6. The molecule has 0 aliphatic carbocycles. The molecule has 0 N–H and O–H groups in total. The molecular weight excluding hydrogens is 278 g/mol. The topological polar surface area (TPSA) is 94.8 Å². The largest absolute Gasteiger partial charge is 0.483 e. The third-order valence-electron chi connectivity index (χ3n) is 2.71. The highest BCUT2D eigenvalue weighted by Gasteiger charge is 2.35. The molecule has 1 fully saturated rings. The number of amides is 1. The molecule has 0 unspecified atom stereocenters. The maximum Gasteiger partial charge on any atom is 0.410 e. The second-order valence-electron chi connectivity index (χ2n) is 5.73. The number of pyridine rings is 1. The Bertz CT molecular complexity index is 532. The molecule has 1 aromatic rings. The van der Waals surface area contributed by atoms with Gasteiger partial charge in [-0.2, -0.15) is 0 Å². The Labute approximate surface area is 121 Å². The molecule has 2 rings (SSSR count). The van der Waals surface area contributed by atoms with E-state index in [1.54, 1.807) is 20.8 Å². The van der Waals surface area contributed by atoms with Crippen molar-refractivity contribution in [1.82, 2.24) is 9.88 Å². The molecule has 1 saturated heterocycles. The summed E-state index contributed by atoms with van der Waals surface area (Å²) in [6.45, 7) is 6.27. The molecule has 2 heterocycles. The van der Waals surface area contributed by atoms with E-state index in [1.165, 1.54) is 23.2 Å². The number of nitro groups is 1. The van der Waals surface area contributed by atoms with E-state index in [4.69, 9.17) is 9.47 Å². The van der Waals surface area contributed by atoms with Crippen molar-refractivity contribution in [2.75, 3.05) is 13.1 Å². The van der Waals surface area contributed by atoms with Crippen molar-refractivity contribution in [2.24, 2.45) is 0 Å². The number of carbonyl (C=O) groups is 1. The maximum atomic E-state index is 11.7. The van der Waals surface area contributed by atoms with Gasteiger partial charge in [-0.25, -0.2) is 4.79 Å². The number of aromatic nitrogens is 1. The normalized spacial score (nSPS) is 15.3. The average Bonchev–Trinajstić information content (AvgIpc) is 2.31. The van der Waals surface area contributed by atoms with Crippen molar-refractivity contribution in [3.05, 3.63) is 28.4 Å². The van der Waals surface area contributed by atoms with E-state index in [1.807, 2.05) is 0 Å². The van der Waals surface area contributed by atoms with Crippen LogP contribution in [-0.4, -0.2) is 45.7 Å². The van der Waals surface area contributed by atoms with Gasteiger partial charge in [0.1, 0.15) is 11.7 Å². The van der Waals surface area contributed by atoms with E-state index in [0.29, 0.717) is 18.8 Å². The van der Waals surface area contributed by atoms with E-state index < -0.39 is 10.5 Å². The number of rotatable bonds is 3. The second kappa shape index (κ2) is 5.55. The van der Waals surface area contributed by atoms with Crippen molar-refractivity contribution < 1.29 is 19.2 Å². The summed E-state index contributed by atoms with van der Waals surface area (Å²) in [5.41, 5.74) is -0.523. The van der Waals surface area contributed by atoms with Gasteiger partial charge in [0.25, 0.3) is 0 Å². The third kappa shape index (κ3) is 4.04. The maximum absolute atomic E-state index is 11.7.